The van der Waals surface area contributed by atoms with E-state index in [1.807, 2.05) is 6.07 Å². The highest BCUT2D eigenvalue weighted by molar-refractivity contribution is 5.93. The maximum absolute atomic E-state index is 14.7. The predicted octanol–water partition coefficient (Wildman–Crippen LogP) is 3.50. The molecular weight excluding hydrogens is 366 g/mol. The van der Waals surface area contributed by atoms with E-state index < -0.39 is 41.3 Å². The van der Waals surface area contributed by atoms with Gasteiger partial charge in [-0.3, -0.25) is 9.69 Å². The molecule has 0 bridgehead atoms. The first-order valence-corrected chi connectivity index (χ1v) is 8.76. The van der Waals surface area contributed by atoms with E-state index in [9.17, 15) is 23.5 Å². The summed E-state index contributed by atoms with van der Waals surface area (Å²) in [4.78, 5) is 24.1. The summed E-state index contributed by atoms with van der Waals surface area (Å²) in [5.41, 5.74) is 5.48. The second-order valence-electron chi connectivity index (χ2n) is 6.56. The average molecular weight is 384 g/mol. The number of carboxylic acids is 1. The van der Waals surface area contributed by atoms with Crippen LogP contribution in [0.2, 0.25) is 0 Å². The number of primary amides is 1. The molecule has 1 aliphatic carbocycles. The second kappa shape index (κ2) is 8.09. The summed E-state index contributed by atoms with van der Waals surface area (Å²) in [5, 5.41) is 9.34. The number of amides is 2. The smallest absolute Gasteiger partial charge is 0.319 e. The maximum atomic E-state index is 14.7. The molecule has 2 amide bonds. The van der Waals surface area contributed by atoms with Crippen LogP contribution in [0.1, 0.15) is 30.4 Å². The number of nitrogens with two attached hydrogens (primary N) is 1. The van der Waals surface area contributed by atoms with Gasteiger partial charge in [-0.25, -0.2) is 13.6 Å². The van der Waals surface area contributed by atoms with Gasteiger partial charge < -0.3 is 10.8 Å². The van der Waals surface area contributed by atoms with Crippen LogP contribution < -0.4 is 10.6 Å². The lowest BCUT2D eigenvalue weighted by Gasteiger charge is -2.30. The largest absolute Gasteiger partial charge is 0.481 e. The fourth-order valence-corrected chi connectivity index (χ4v) is 3.51. The highest BCUT2D eigenvalue weighted by Crippen LogP contribution is 2.36. The van der Waals surface area contributed by atoms with Gasteiger partial charge in [0.2, 0.25) is 0 Å². The number of nitrogens with zero attached hydrogens (tertiary/aromatic N) is 1. The number of anilines is 1. The normalized spacial score (nSPS) is 18.2. The van der Waals surface area contributed by atoms with Crippen molar-refractivity contribution in [2.24, 2.45) is 11.7 Å². The topological polar surface area (TPSA) is 83.6 Å². The number of hydrogen-bond donors (Lipinski definition) is 2. The van der Waals surface area contributed by atoms with Crippen LogP contribution in [0.4, 0.5) is 19.3 Å². The van der Waals surface area contributed by atoms with Crippen LogP contribution >= 0.6 is 0 Å². The van der Waals surface area contributed by atoms with E-state index in [0.29, 0.717) is 24.8 Å². The molecule has 3 rings (SSSR count). The van der Waals surface area contributed by atoms with Gasteiger partial charge in [0.25, 0.3) is 0 Å². The van der Waals surface area contributed by atoms with Crippen LogP contribution in [0.3, 0.4) is 0 Å². The van der Waals surface area contributed by atoms with Gasteiger partial charge in [-0.05, 0) is 37.1 Å². The molecule has 0 aliphatic heterocycles. The van der Waals surface area contributed by atoms with Gasteiger partial charge in [0, 0.05) is 11.1 Å². The van der Waals surface area contributed by atoms with Crippen LogP contribution in [0, 0.1) is 29.4 Å². The molecule has 3 N–H and O–H groups in total. The van der Waals surface area contributed by atoms with Gasteiger partial charge in [0.15, 0.2) is 11.6 Å². The minimum absolute atomic E-state index is 0.0910. The van der Waals surface area contributed by atoms with Crippen molar-refractivity contribution in [3.63, 3.8) is 0 Å². The van der Waals surface area contributed by atoms with E-state index in [2.05, 4.69) is 11.8 Å². The fourth-order valence-electron chi connectivity index (χ4n) is 3.51. The number of benzene rings is 2. The monoisotopic (exact) mass is 384 g/mol. The number of carbonyl (C=O) groups excluding carboxylic acids is 1. The average Bonchev–Trinajstić information content (AvgIpc) is 3.13. The van der Waals surface area contributed by atoms with Gasteiger partial charge in [-0.2, -0.15) is 0 Å². The maximum Gasteiger partial charge on any atom is 0.319 e. The Morgan fingerprint density at radius 2 is 1.64 bits per heavy atom. The molecule has 0 radical (unpaired) electrons. The molecule has 0 aromatic heterocycles. The summed E-state index contributed by atoms with van der Waals surface area (Å²) in [5.74, 6) is 1.38. The highest BCUT2D eigenvalue weighted by atomic mass is 19.1. The Morgan fingerprint density at radius 3 is 2.21 bits per heavy atom. The third kappa shape index (κ3) is 3.96. The zero-order chi connectivity index (χ0) is 20.3. The summed E-state index contributed by atoms with van der Waals surface area (Å²) in [6.07, 6.45) is 1.14. The minimum atomic E-state index is -1.13. The molecular formula is C21H18F2N2O3. The Morgan fingerprint density at radius 1 is 1.04 bits per heavy atom. The molecule has 0 spiro atoms. The number of carbonyl (C=O) groups is 2. The number of halogens is 2. The second-order valence-corrected chi connectivity index (χ2v) is 6.56. The Balaban J connectivity index is 1.98. The van der Waals surface area contributed by atoms with Crippen LogP contribution in [0.25, 0.3) is 0 Å². The first-order valence-electron chi connectivity index (χ1n) is 8.76. The summed E-state index contributed by atoms with van der Waals surface area (Å²) in [7, 11) is 0. The number of hydrogen-bond acceptors (Lipinski definition) is 2. The summed E-state index contributed by atoms with van der Waals surface area (Å²) in [6.45, 7) is 0. The van der Waals surface area contributed by atoms with Gasteiger partial charge in [-0.1, -0.05) is 36.5 Å². The van der Waals surface area contributed by atoms with E-state index in [4.69, 9.17) is 5.73 Å². The minimum Gasteiger partial charge on any atom is -0.481 e. The van der Waals surface area contributed by atoms with Crippen molar-refractivity contribution in [1.29, 1.82) is 0 Å². The first-order chi connectivity index (χ1) is 13.4. The number of aliphatic carboxylic acids is 1. The Kier molecular flexibility index (Phi) is 5.59. The van der Waals surface area contributed by atoms with E-state index >= 15 is 0 Å². The number of rotatable bonds is 3. The first kappa shape index (κ1) is 19.4. The van der Waals surface area contributed by atoms with Gasteiger partial charge in [-0.15, -0.1) is 0 Å². The predicted molar refractivity (Wildman–Crippen MR) is 99.6 cm³/mol. The SMILES string of the molecule is NC(=O)N(c1c(F)cc(C#Cc2ccccc2)cc1F)C1CCCC1C(=O)O. The molecule has 0 saturated heterocycles. The third-order valence-electron chi connectivity index (χ3n) is 4.75. The molecule has 7 heteroatoms. The van der Waals surface area contributed by atoms with Crippen LogP contribution in [-0.2, 0) is 4.79 Å². The van der Waals surface area contributed by atoms with Crippen molar-refractivity contribution in [2.45, 2.75) is 25.3 Å². The molecule has 5 nitrogen and oxygen atoms in total. The summed E-state index contributed by atoms with van der Waals surface area (Å²) >= 11 is 0. The molecule has 2 unspecified atom stereocenters. The van der Waals surface area contributed by atoms with Crippen LogP contribution in [0.15, 0.2) is 42.5 Å². The van der Waals surface area contributed by atoms with E-state index in [0.717, 1.165) is 17.0 Å². The van der Waals surface area contributed by atoms with Crippen molar-refractivity contribution in [3.8, 4) is 11.8 Å². The standard InChI is InChI=1S/C21H18F2N2O3/c22-16-11-14(10-9-13-5-2-1-3-6-13)12-17(23)19(16)25(21(24)28)18-8-4-7-15(18)20(26)27/h1-3,5-6,11-12,15,18H,4,7-8H2,(H2,24,28)(H,26,27). The lowest BCUT2D eigenvalue weighted by atomic mass is 10.0. The van der Waals surface area contributed by atoms with Crippen LogP contribution in [-0.4, -0.2) is 23.1 Å². The van der Waals surface area contributed by atoms with Crippen molar-refractivity contribution < 1.29 is 23.5 Å². The van der Waals surface area contributed by atoms with Crippen molar-refractivity contribution in [2.75, 3.05) is 4.90 Å². The van der Waals surface area contributed by atoms with Crippen molar-refractivity contribution >= 4 is 17.7 Å². The molecule has 2 atom stereocenters. The third-order valence-corrected chi connectivity index (χ3v) is 4.75. The molecule has 1 fully saturated rings. The van der Waals surface area contributed by atoms with E-state index in [-0.39, 0.29) is 5.56 Å². The zero-order valence-corrected chi connectivity index (χ0v) is 14.9. The molecule has 2 aromatic carbocycles. The van der Waals surface area contributed by atoms with Gasteiger partial charge in [0.05, 0.1) is 12.0 Å². The molecule has 144 valence electrons. The Hall–Kier alpha value is -3.40. The molecule has 2 aromatic rings. The highest BCUT2D eigenvalue weighted by Gasteiger charge is 2.41. The van der Waals surface area contributed by atoms with Crippen molar-refractivity contribution in [1.82, 2.24) is 0 Å². The van der Waals surface area contributed by atoms with Crippen LogP contribution in [0.5, 0.6) is 0 Å². The lowest BCUT2D eigenvalue weighted by Crippen LogP contribution is -2.48. The van der Waals surface area contributed by atoms with Gasteiger partial charge in [0.1, 0.15) is 5.69 Å². The van der Waals surface area contributed by atoms with E-state index in [1.165, 1.54) is 0 Å². The summed E-state index contributed by atoms with van der Waals surface area (Å²) in [6, 6.07) is 8.94. The zero-order valence-electron chi connectivity index (χ0n) is 14.9. The molecule has 1 saturated carbocycles. The molecule has 0 heterocycles. The molecule has 1 aliphatic rings. The lowest BCUT2D eigenvalue weighted by molar-refractivity contribution is -0.141. The Bertz CT molecular complexity index is 944. The van der Waals surface area contributed by atoms with Gasteiger partial charge >= 0.3 is 12.0 Å². The summed E-state index contributed by atoms with van der Waals surface area (Å²) < 4.78 is 29.4. The molecule has 28 heavy (non-hydrogen) atoms. The number of urea groups is 1. The van der Waals surface area contributed by atoms with E-state index in [1.54, 1.807) is 24.3 Å². The quantitative estimate of drug-likeness (QED) is 0.795. The van der Waals surface area contributed by atoms with Crippen molar-refractivity contribution in [3.05, 3.63) is 65.2 Å². The fraction of sp³-hybridized carbons (Fsp3) is 0.238. The Labute approximate surface area is 160 Å². The number of carboxylic acid groups (broad SMARTS) is 1.